The number of methoxy groups -OCH3 is 3. The lowest BCUT2D eigenvalue weighted by molar-refractivity contribution is -0.173. The normalized spacial score (nSPS) is 18.8. The Morgan fingerprint density at radius 3 is 2.27 bits per heavy atom. The monoisotopic (exact) mass is 689 g/mol. The van der Waals surface area contributed by atoms with Crippen LogP contribution in [0.25, 0.3) is 0 Å². The molecule has 1 unspecified atom stereocenters. The van der Waals surface area contributed by atoms with Gasteiger partial charge in [0.1, 0.15) is 12.8 Å². The van der Waals surface area contributed by atoms with Crippen molar-refractivity contribution in [1.82, 2.24) is 15.1 Å². The number of hydrogen-bond donors (Lipinski definition) is 2. The van der Waals surface area contributed by atoms with E-state index in [0.717, 1.165) is 50.5 Å². The maximum absolute atomic E-state index is 14.6. The van der Waals surface area contributed by atoms with Crippen molar-refractivity contribution in [3.63, 3.8) is 0 Å². The maximum Gasteiger partial charge on any atom is 0.320 e. The van der Waals surface area contributed by atoms with Crippen LogP contribution >= 0.6 is 0 Å². The molecule has 10 heteroatoms. The first-order valence-corrected chi connectivity index (χ1v) is 19.0. The van der Waals surface area contributed by atoms with E-state index in [1.807, 2.05) is 28.0 Å². The largest absolute Gasteiger partial charge is 0.393 e. The van der Waals surface area contributed by atoms with E-state index in [9.17, 15) is 14.7 Å². The molecule has 2 fully saturated rings. The number of carbonyl (C=O) groups excluding carboxylic acids is 2. The number of aliphatic hydroxyl groups excluding tert-OH is 1. The molecule has 1 aromatic rings. The van der Waals surface area contributed by atoms with Gasteiger partial charge in [-0.1, -0.05) is 96.0 Å². The van der Waals surface area contributed by atoms with Crippen molar-refractivity contribution in [2.24, 2.45) is 17.8 Å². The second-order valence-corrected chi connectivity index (χ2v) is 14.5. The summed E-state index contributed by atoms with van der Waals surface area (Å²) < 4.78 is 22.1. The molecule has 0 spiro atoms. The molecule has 49 heavy (non-hydrogen) atoms. The fourth-order valence-corrected chi connectivity index (χ4v) is 7.80. The first-order valence-electron chi connectivity index (χ1n) is 19.0. The summed E-state index contributed by atoms with van der Waals surface area (Å²) >= 11 is 0. The predicted octanol–water partition coefficient (Wildman–Crippen LogP) is 6.39. The number of nitrogens with one attached hydrogen (secondary N) is 1. The van der Waals surface area contributed by atoms with Crippen LogP contribution in [-0.2, 0) is 30.2 Å². The van der Waals surface area contributed by atoms with Gasteiger partial charge in [-0.15, -0.1) is 0 Å². The molecule has 3 rings (SSSR count). The second kappa shape index (κ2) is 22.6. The predicted molar refractivity (Wildman–Crippen MR) is 193 cm³/mol. The molecule has 2 N–H and O–H groups in total. The smallest absolute Gasteiger partial charge is 0.320 e. The second-order valence-electron chi connectivity index (χ2n) is 14.5. The van der Waals surface area contributed by atoms with Gasteiger partial charge in [-0.2, -0.15) is 0 Å². The van der Waals surface area contributed by atoms with Gasteiger partial charge in [0, 0.05) is 52.9 Å². The summed E-state index contributed by atoms with van der Waals surface area (Å²) in [6, 6.07) is 9.22. The zero-order chi connectivity index (χ0) is 35.6. The lowest BCUT2D eigenvalue weighted by atomic mass is 9.81. The molecule has 4 atom stereocenters. The molecule has 0 aromatic heterocycles. The third-order valence-electron chi connectivity index (χ3n) is 10.6. The Hall–Kier alpha value is -2.24. The number of aliphatic hydroxyl groups is 1. The molecule has 280 valence electrons. The summed E-state index contributed by atoms with van der Waals surface area (Å²) in [6.07, 6.45) is 10.4. The lowest BCUT2D eigenvalue weighted by Gasteiger charge is -2.39. The van der Waals surface area contributed by atoms with Crippen LogP contribution in [-0.4, -0.2) is 105 Å². The van der Waals surface area contributed by atoms with Gasteiger partial charge in [-0.25, -0.2) is 4.79 Å². The SMILES string of the molecule is CCCC[C@@H](C(=O)N[C@@H](CC1CCCCC1)C[C@H](O)C(C(C)C)C(OC)OC)N(CCc1ccccc1)C(=O)N1CCC(OCOC)CC1. The van der Waals surface area contributed by atoms with Gasteiger partial charge in [0.05, 0.1) is 12.2 Å². The Morgan fingerprint density at radius 1 is 1.00 bits per heavy atom. The molecular formula is C39H67N3O7. The molecule has 1 aliphatic carbocycles. The standard InChI is InChI=1S/C39H67N3O7/c1-7-8-19-34(42(25-20-30-15-11-9-12-16-30)39(45)41-23-21-33(22-24-41)49-28-46-4)37(44)40-32(26-31-17-13-10-14-18-31)27-35(43)36(29(2)3)38(47-5)48-6/h9,11-12,15-16,29,31-36,38,43H,7-8,10,13-14,17-28H2,1-6H3,(H,40,44)/t32-,34-,35-,36?/m0/s1. The van der Waals surface area contributed by atoms with Crippen molar-refractivity contribution in [3.05, 3.63) is 35.9 Å². The Labute approximate surface area is 296 Å². The number of piperidine rings is 1. The van der Waals surface area contributed by atoms with Gasteiger partial charge in [-0.05, 0) is 55.9 Å². The highest BCUT2D eigenvalue weighted by atomic mass is 16.7. The molecule has 1 saturated heterocycles. The molecular weight excluding hydrogens is 622 g/mol. The van der Waals surface area contributed by atoms with Crippen molar-refractivity contribution in [2.75, 3.05) is 47.8 Å². The topological polar surface area (TPSA) is 110 Å². The van der Waals surface area contributed by atoms with Gasteiger partial charge in [0.25, 0.3) is 0 Å². The van der Waals surface area contributed by atoms with E-state index in [1.54, 1.807) is 21.3 Å². The van der Waals surface area contributed by atoms with Crippen LogP contribution < -0.4 is 5.32 Å². The Kier molecular flexibility index (Phi) is 19.0. The van der Waals surface area contributed by atoms with Crippen LogP contribution in [0.15, 0.2) is 30.3 Å². The van der Waals surface area contributed by atoms with E-state index < -0.39 is 18.4 Å². The van der Waals surface area contributed by atoms with Crippen molar-refractivity contribution >= 4 is 11.9 Å². The van der Waals surface area contributed by atoms with Gasteiger partial charge in [0.15, 0.2) is 6.29 Å². The minimum absolute atomic E-state index is 0.0541. The third kappa shape index (κ3) is 13.4. The van der Waals surface area contributed by atoms with E-state index in [2.05, 4.69) is 38.2 Å². The molecule has 1 heterocycles. The molecule has 10 nitrogen and oxygen atoms in total. The summed E-state index contributed by atoms with van der Waals surface area (Å²) in [7, 11) is 4.82. The molecule has 3 amide bonds. The number of benzene rings is 1. The lowest BCUT2D eigenvalue weighted by Crippen LogP contribution is -2.57. The first-order chi connectivity index (χ1) is 23.7. The fraction of sp³-hybridized carbons (Fsp3) is 0.795. The number of urea groups is 1. The summed E-state index contributed by atoms with van der Waals surface area (Å²) in [5, 5.41) is 15.1. The summed E-state index contributed by atoms with van der Waals surface area (Å²) in [4.78, 5) is 32.6. The molecule has 1 saturated carbocycles. The molecule has 0 radical (unpaired) electrons. The average molecular weight is 690 g/mol. The van der Waals surface area contributed by atoms with Gasteiger partial charge in [-0.3, -0.25) is 4.79 Å². The Balaban J connectivity index is 1.87. The van der Waals surface area contributed by atoms with Gasteiger partial charge < -0.3 is 39.2 Å². The number of likely N-dealkylation sites (tertiary alicyclic amines) is 1. The number of ether oxygens (including phenoxy) is 4. The van der Waals surface area contributed by atoms with Crippen LogP contribution in [0.4, 0.5) is 4.79 Å². The number of unbranched alkanes of at least 4 members (excludes halogenated alkanes) is 1. The van der Waals surface area contributed by atoms with Gasteiger partial charge in [0.2, 0.25) is 5.91 Å². The first kappa shape index (κ1) is 41.2. The Bertz CT molecular complexity index is 1040. The number of amides is 3. The Morgan fingerprint density at radius 2 is 1.67 bits per heavy atom. The number of hydrogen-bond acceptors (Lipinski definition) is 7. The highest BCUT2D eigenvalue weighted by Crippen LogP contribution is 2.31. The van der Waals surface area contributed by atoms with E-state index >= 15 is 0 Å². The van der Waals surface area contributed by atoms with Crippen LogP contribution in [0.1, 0.15) is 103 Å². The average Bonchev–Trinajstić information content (AvgIpc) is 3.11. The summed E-state index contributed by atoms with van der Waals surface area (Å²) in [5.41, 5.74) is 1.13. The van der Waals surface area contributed by atoms with Crippen molar-refractivity contribution in [1.29, 1.82) is 0 Å². The number of nitrogens with zero attached hydrogens (tertiary/aromatic N) is 2. The highest BCUT2D eigenvalue weighted by Gasteiger charge is 2.37. The quantitative estimate of drug-likeness (QED) is 0.144. The number of rotatable bonds is 21. The summed E-state index contributed by atoms with van der Waals surface area (Å²) in [6.45, 7) is 8.09. The third-order valence-corrected chi connectivity index (χ3v) is 10.6. The molecule has 0 bridgehead atoms. The van der Waals surface area contributed by atoms with Crippen LogP contribution in [0.2, 0.25) is 0 Å². The zero-order valence-electron chi connectivity index (χ0n) is 31.3. The van der Waals surface area contributed by atoms with E-state index in [1.165, 1.54) is 19.3 Å². The minimum atomic E-state index is -0.731. The summed E-state index contributed by atoms with van der Waals surface area (Å²) in [5.74, 6) is 0.225. The fourth-order valence-electron chi connectivity index (χ4n) is 7.80. The van der Waals surface area contributed by atoms with E-state index in [-0.39, 0.29) is 42.7 Å². The number of carbonyl (C=O) groups is 2. The zero-order valence-corrected chi connectivity index (χ0v) is 31.3. The van der Waals surface area contributed by atoms with Crippen LogP contribution in [0, 0.1) is 17.8 Å². The molecule has 1 aliphatic heterocycles. The van der Waals surface area contributed by atoms with Gasteiger partial charge >= 0.3 is 6.03 Å². The van der Waals surface area contributed by atoms with Crippen molar-refractivity contribution in [2.45, 2.75) is 135 Å². The maximum atomic E-state index is 14.6. The van der Waals surface area contributed by atoms with E-state index in [4.69, 9.17) is 18.9 Å². The molecule has 2 aliphatic rings. The highest BCUT2D eigenvalue weighted by molar-refractivity contribution is 5.87. The van der Waals surface area contributed by atoms with Crippen molar-refractivity contribution < 1.29 is 33.6 Å². The minimum Gasteiger partial charge on any atom is -0.393 e. The van der Waals surface area contributed by atoms with Crippen molar-refractivity contribution in [3.8, 4) is 0 Å². The molecule has 1 aromatic carbocycles. The van der Waals surface area contributed by atoms with E-state index in [0.29, 0.717) is 44.8 Å². The van der Waals surface area contributed by atoms with Crippen LogP contribution in [0.3, 0.4) is 0 Å². The van der Waals surface area contributed by atoms with Crippen LogP contribution in [0.5, 0.6) is 0 Å².